The van der Waals surface area contributed by atoms with Crippen molar-refractivity contribution in [3.63, 3.8) is 0 Å². The minimum atomic E-state index is 0.179. The first-order valence-corrected chi connectivity index (χ1v) is 5.87. The van der Waals surface area contributed by atoms with Crippen LogP contribution in [0, 0.1) is 0 Å². The monoisotopic (exact) mass is 196 g/mol. The Labute approximate surface area is 85.6 Å². The molecule has 0 aromatic carbocycles. The smallest absolute Gasteiger partial charge is 0.234 e. The van der Waals surface area contributed by atoms with E-state index in [1.807, 2.05) is 0 Å². The van der Waals surface area contributed by atoms with Crippen LogP contribution in [-0.2, 0) is 4.79 Å². The van der Waals surface area contributed by atoms with Crippen molar-refractivity contribution < 1.29 is 4.79 Å². The van der Waals surface area contributed by atoms with E-state index < -0.39 is 0 Å². The Morgan fingerprint density at radius 1 is 1.00 bits per heavy atom. The number of hydrogen-bond donors (Lipinski definition) is 2. The van der Waals surface area contributed by atoms with Crippen molar-refractivity contribution in [3.8, 4) is 0 Å². The minimum Gasteiger partial charge on any atom is -0.352 e. The molecule has 2 aliphatic rings. The highest BCUT2D eigenvalue weighted by Crippen LogP contribution is 2.19. The molecular weight excluding hydrogens is 176 g/mol. The summed E-state index contributed by atoms with van der Waals surface area (Å²) in [5.74, 6) is 0.179. The molecule has 0 atom stereocenters. The van der Waals surface area contributed by atoms with E-state index >= 15 is 0 Å². The summed E-state index contributed by atoms with van der Waals surface area (Å²) >= 11 is 0. The van der Waals surface area contributed by atoms with Gasteiger partial charge in [-0.25, -0.2) is 0 Å². The predicted molar refractivity (Wildman–Crippen MR) is 56.0 cm³/mol. The van der Waals surface area contributed by atoms with Crippen LogP contribution < -0.4 is 10.6 Å². The maximum absolute atomic E-state index is 11.4. The van der Waals surface area contributed by atoms with E-state index in [4.69, 9.17) is 0 Å². The second kappa shape index (κ2) is 4.78. The number of rotatable bonds is 4. The van der Waals surface area contributed by atoms with Crippen LogP contribution >= 0.6 is 0 Å². The Bertz CT molecular complexity index is 195. The van der Waals surface area contributed by atoms with Crippen molar-refractivity contribution in [1.29, 1.82) is 0 Å². The molecule has 14 heavy (non-hydrogen) atoms. The summed E-state index contributed by atoms with van der Waals surface area (Å²) in [6, 6.07) is 1.09. The number of hydrogen-bond acceptors (Lipinski definition) is 2. The molecule has 2 fully saturated rings. The fraction of sp³-hybridized carbons (Fsp3) is 0.909. The third-order valence-corrected chi connectivity index (χ3v) is 3.10. The lowest BCUT2D eigenvalue weighted by molar-refractivity contribution is -0.120. The highest BCUT2D eigenvalue weighted by Gasteiger charge is 2.23. The van der Waals surface area contributed by atoms with E-state index in [2.05, 4.69) is 10.6 Å². The molecule has 3 heteroatoms. The van der Waals surface area contributed by atoms with Crippen molar-refractivity contribution >= 4 is 5.91 Å². The molecule has 0 bridgehead atoms. The third kappa shape index (κ3) is 3.29. The van der Waals surface area contributed by atoms with Crippen LogP contribution in [0.2, 0.25) is 0 Å². The summed E-state index contributed by atoms with van der Waals surface area (Å²) in [5, 5.41) is 6.33. The third-order valence-electron chi connectivity index (χ3n) is 3.10. The summed E-state index contributed by atoms with van der Waals surface area (Å²) in [5.41, 5.74) is 0. The van der Waals surface area contributed by atoms with Gasteiger partial charge in [0.15, 0.2) is 0 Å². The van der Waals surface area contributed by atoms with Crippen LogP contribution in [0.5, 0.6) is 0 Å². The van der Waals surface area contributed by atoms with Gasteiger partial charge < -0.3 is 10.6 Å². The van der Waals surface area contributed by atoms with Gasteiger partial charge in [-0.3, -0.25) is 4.79 Å². The average molecular weight is 196 g/mol. The van der Waals surface area contributed by atoms with Gasteiger partial charge in [-0.05, 0) is 25.7 Å². The zero-order valence-electron chi connectivity index (χ0n) is 8.72. The first kappa shape index (κ1) is 9.97. The van der Waals surface area contributed by atoms with Crippen LogP contribution in [0.1, 0.15) is 44.9 Å². The first-order chi connectivity index (χ1) is 6.84. The standard InChI is InChI=1S/C11H20N2O/c14-11(13-10-6-7-10)8-12-9-4-2-1-3-5-9/h9-10,12H,1-8H2,(H,13,14). The molecule has 0 radical (unpaired) electrons. The molecule has 2 saturated carbocycles. The fourth-order valence-electron chi connectivity index (χ4n) is 2.05. The molecule has 0 unspecified atom stereocenters. The maximum atomic E-state index is 11.4. The molecule has 0 saturated heterocycles. The number of carbonyl (C=O) groups is 1. The lowest BCUT2D eigenvalue weighted by Gasteiger charge is -2.22. The van der Waals surface area contributed by atoms with Crippen LogP contribution in [0.4, 0.5) is 0 Å². The number of nitrogens with one attached hydrogen (secondary N) is 2. The number of carbonyl (C=O) groups excluding carboxylic acids is 1. The van der Waals surface area contributed by atoms with Crippen LogP contribution in [0.15, 0.2) is 0 Å². The van der Waals surface area contributed by atoms with Gasteiger partial charge in [0.05, 0.1) is 6.54 Å². The molecule has 0 heterocycles. The second-order valence-electron chi connectivity index (χ2n) is 4.56. The van der Waals surface area contributed by atoms with Gasteiger partial charge in [0.2, 0.25) is 5.91 Å². The molecule has 2 aliphatic carbocycles. The fourth-order valence-corrected chi connectivity index (χ4v) is 2.05. The van der Waals surface area contributed by atoms with Gasteiger partial charge in [0, 0.05) is 12.1 Å². The van der Waals surface area contributed by atoms with Crippen molar-refractivity contribution in [2.24, 2.45) is 0 Å². The average Bonchev–Trinajstić information content (AvgIpc) is 3.00. The number of amides is 1. The topological polar surface area (TPSA) is 41.1 Å². The van der Waals surface area contributed by atoms with Crippen molar-refractivity contribution in [2.45, 2.75) is 57.0 Å². The molecule has 1 amide bonds. The summed E-state index contributed by atoms with van der Waals surface area (Å²) in [6.45, 7) is 0.515. The summed E-state index contributed by atoms with van der Waals surface area (Å²) in [7, 11) is 0. The minimum absolute atomic E-state index is 0.179. The molecule has 2 N–H and O–H groups in total. The molecule has 0 spiro atoms. The predicted octanol–water partition coefficient (Wildman–Crippen LogP) is 1.19. The molecule has 0 aromatic rings. The van der Waals surface area contributed by atoms with E-state index in [1.54, 1.807) is 0 Å². The zero-order valence-corrected chi connectivity index (χ0v) is 8.72. The van der Waals surface area contributed by atoms with Gasteiger partial charge in [-0.15, -0.1) is 0 Å². The van der Waals surface area contributed by atoms with E-state index in [1.165, 1.54) is 44.9 Å². The quantitative estimate of drug-likeness (QED) is 0.709. The zero-order chi connectivity index (χ0) is 9.80. The van der Waals surface area contributed by atoms with E-state index in [0.29, 0.717) is 18.6 Å². The van der Waals surface area contributed by atoms with Crippen LogP contribution in [0.25, 0.3) is 0 Å². The normalized spacial score (nSPS) is 23.4. The van der Waals surface area contributed by atoms with Gasteiger partial charge in [0.1, 0.15) is 0 Å². The highest BCUT2D eigenvalue weighted by molar-refractivity contribution is 5.78. The SMILES string of the molecule is O=C(CNC1CCCCC1)NC1CC1. The lowest BCUT2D eigenvalue weighted by Crippen LogP contribution is -2.40. The molecule has 2 rings (SSSR count). The lowest BCUT2D eigenvalue weighted by atomic mass is 9.95. The van der Waals surface area contributed by atoms with Crippen LogP contribution in [-0.4, -0.2) is 24.5 Å². The summed E-state index contributed by atoms with van der Waals surface area (Å²) < 4.78 is 0. The van der Waals surface area contributed by atoms with E-state index in [9.17, 15) is 4.79 Å². The highest BCUT2D eigenvalue weighted by atomic mass is 16.2. The van der Waals surface area contributed by atoms with Gasteiger partial charge in [0.25, 0.3) is 0 Å². The van der Waals surface area contributed by atoms with Gasteiger partial charge in [-0.2, -0.15) is 0 Å². The molecule has 0 aliphatic heterocycles. The Morgan fingerprint density at radius 2 is 1.71 bits per heavy atom. The molecule has 3 nitrogen and oxygen atoms in total. The Morgan fingerprint density at radius 3 is 2.36 bits per heavy atom. The van der Waals surface area contributed by atoms with Gasteiger partial charge in [-0.1, -0.05) is 19.3 Å². The Kier molecular flexibility index (Phi) is 3.40. The summed E-state index contributed by atoms with van der Waals surface area (Å²) in [4.78, 5) is 11.4. The summed E-state index contributed by atoms with van der Waals surface area (Å²) in [6.07, 6.45) is 8.86. The van der Waals surface area contributed by atoms with Crippen molar-refractivity contribution in [2.75, 3.05) is 6.54 Å². The largest absolute Gasteiger partial charge is 0.352 e. The Balaban J connectivity index is 1.57. The Hall–Kier alpha value is -0.570. The molecule has 0 aromatic heterocycles. The van der Waals surface area contributed by atoms with Gasteiger partial charge >= 0.3 is 0 Å². The van der Waals surface area contributed by atoms with E-state index in [0.717, 1.165) is 0 Å². The second-order valence-corrected chi connectivity index (χ2v) is 4.56. The van der Waals surface area contributed by atoms with Crippen molar-refractivity contribution in [3.05, 3.63) is 0 Å². The van der Waals surface area contributed by atoms with Crippen molar-refractivity contribution in [1.82, 2.24) is 10.6 Å². The van der Waals surface area contributed by atoms with Crippen LogP contribution in [0.3, 0.4) is 0 Å². The first-order valence-electron chi connectivity index (χ1n) is 5.87. The van der Waals surface area contributed by atoms with E-state index in [-0.39, 0.29) is 5.91 Å². The maximum Gasteiger partial charge on any atom is 0.234 e. The molecular formula is C11H20N2O. The molecule has 80 valence electrons.